The number of ether oxygens (including phenoxy) is 1. The molecule has 0 fully saturated rings. The molecule has 0 bridgehead atoms. The summed E-state index contributed by atoms with van der Waals surface area (Å²) in [5.74, 6) is -0.448. The van der Waals surface area contributed by atoms with Gasteiger partial charge in [-0.2, -0.15) is 0 Å². The second-order valence-corrected chi connectivity index (χ2v) is 9.95. The third kappa shape index (κ3) is 4.60. The van der Waals surface area contributed by atoms with Crippen molar-refractivity contribution in [3.05, 3.63) is 90.6 Å². The SMILES string of the molecule is CCOC(=O)C1=C(C)N=c2s/c(=C\c3ccc(N(C)C)cc3)c(=O)n2[C@@H]1c1ccc(SC)cc1. The van der Waals surface area contributed by atoms with Crippen LogP contribution in [0, 0.1) is 0 Å². The van der Waals surface area contributed by atoms with Crippen molar-refractivity contribution in [2.75, 3.05) is 31.9 Å². The van der Waals surface area contributed by atoms with Crippen LogP contribution in [0.1, 0.15) is 31.0 Å². The van der Waals surface area contributed by atoms with Crippen LogP contribution in [0.4, 0.5) is 5.69 Å². The first-order valence-corrected chi connectivity index (χ1v) is 13.0. The molecule has 0 amide bonds. The maximum Gasteiger partial charge on any atom is 0.338 e. The van der Waals surface area contributed by atoms with Crippen molar-refractivity contribution in [1.29, 1.82) is 0 Å². The predicted octanol–water partition coefficient (Wildman–Crippen LogP) is 3.59. The number of thiazole rings is 1. The second kappa shape index (κ2) is 10.0. The van der Waals surface area contributed by atoms with E-state index >= 15 is 0 Å². The van der Waals surface area contributed by atoms with Gasteiger partial charge in [-0.3, -0.25) is 9.36 Å². The molecule has 0 spiro atoms. The van der Waals surface area contributed by atoms with Gasteiger partial charge in [0, 0.05) is 24.7 Å². The number of carbonyl (C=O) groups excluding carboxylic acids is 1. The molecule has 3 aromatic rings. The van der Waals surface area contributed by atoms with Gasteiger partial charge in [-0.15, -0.1) is 11.8 Å². The molecule has 0 saturated heterocycles. The number of aromatic nitrogens is 1. The number of hydrogen-bond acceptors (Lipinski definition) is 7. The van der Waals surface area contributed by atoms with Crippen molar-refractivity contribution >= 4 is 40.8 Å². The van der Waals surface area contributed by atoms with Gasteiger partial charge in [-0.25, -0.2) is 9.79 Å². The zero-order chi connectivity index (χ0) is 24.4. The fourth-order valence-electron chi connectivity index (χ4n) is 3.91. The summed E-state index contributed by atoms with van der Waals surface area (Å²) in [5, 5.41) is 0. The van der Waals surface area contributed by atoms with Crippen molar-refractivity contribution in [2.24, 2.45) is 4.99 Å². The Kier molecular flexibility index (Phi) is 7.09. The van der Waals surface area contributed by atoms with Crippen LogP contribution in [-0.2, 0) is 9.53 Å². The number of rotatable bonds is 6. The lowest BCUT2D eigenvalue weighted by molar-refractivity contribution is -0.139. The fourth-order valence-corrected chi connectivity index (χ4v) is 5.37. The zero-order valence-corrected chi connectivity index (χ0v) is 21.5. The Bertz CT molecular complexity index is 1420. The van der Waals surface area contributed by atoms with Crippen LogP contribution in [-0.4, -0.2) is 37.5 Å². The van der Waals surface area contributed by atoms with Crippen molar-refractivity contribution in [1.82, 2.24) is 4.57 Å². The maximum absolute atomic E-state index is 13.6. The largest absolute Gasteiger partial charge is 0.463 e. The van der Waals surface area contributed by atoms with Gasteiger partial charge in [0.2, 0.25) is 0 Å². The zero-order valence-electron chi connectivity index (χ0n) is 19.9. The molecule has 2 heterocycles. The summed E-state index contributed by atoms with van der Waals surface area (Å²) in [4.78, 5) is 34.9. The van der Waals surface area contributed by atoms with Gasteiger partial charge in [0.1, 0.15) is 0 Å². The first-order valence-electron chi connectivity index (χ1n) is 10.9. The summed E-state index contributed by atoms with van der Waals surface area (Å²) in [6.45, 7) is 3.82. The molecule has 0 N–H and O–H groups in total. The highest BCUT2D eigenvalue weighted by atomic mass is 32.2. The predicted molar refractivity (Wildman–Crippen MR) is 139 cm³/mol. The summed E-state index contributed by atoms with van der Waals surface area (Å²) in [6, 6.07) is 15.3. The molecule has 1 aromatic heterocycles. The number of nitrogens with zero attached hydrogens (tertiary/aromatic N) is 3. The highest BCUT2D eigenvalue weighted by Crippen LogP contribution is 2.31. The van der Waals surface area contributed by atoms with E-state index in [4.69, 9.17) is 4.74 Å². The van der Waals surface area contributed by atoms with Crippen LogP contribution >= 0.6 is 23.1 Å². The molecular formula is C26H27N3O3S2. The molecular weight excluding hydrogens is 466 g/mol. The molecule has 1 aliphatic rings. The van der Waals surface area contributed by atoms with E-state index in [2.05, 4.69) is 4.99 Å². The van der Waals surface area contributed by atoms with Crippen LogP contribution in [0.15, 0.2) is 74.5 Å². The Hall–Kier alpha value is -3.10. The lowest BCUT2D eigenvalue weighted by Gasteiger charge is -2.24. The van der Waals surface area contributed by atoms with Gasteiger partial charge < -0.3 is 9.64 Å². The Morgan fingerprint density at radius 3 is 2.44 bits per heavy atom. The average Bonchev–Trinajstić information content (AvgIpc) is 3.13. The molecule has 2 aromatic carbocycles. The first-order chi connectivity index (χ1) is 16.3. The third-order valence-electron chi connectivity index (χ3n) is 5.66. The van der Waals surface area contributed by atoms with Crippen molar-refractivity contribution in [3.8, 4) is 0 Å². The number of hydrogen-bond donors (Lipinski definition) is 0. The van der Waals surface area contributed by atoms with Gasteiger partial charge >= 0.3 is 5.97 Å². The molecule has 1 aliphatic heterocycles. The van der Waals surface area contributed by atoms with E-state index in [-0.39, 0.29) is 12.2 Å². The number of thioether (sulfide) groups is 1. The summed E-state index contributed by atoms with van der Waals surface area (Å²) in [7, 11) is 3.98. The summed E-state index contributed by atoms with van der Waals surface area (Å²) in [6.07, 6.45) is 3.89. The van der Waals surface area contributed by atoms with Gasteiger partial charge in [-0.05, 0) is 61.6 Å². The Morgan fingerprint density at radius 2 is 1.85 bits per heavy atom. The number of benzene rings is 2. The fraction of sp³-hybridized carbons (Fsp3) is 0.269. The van der Waals surface area contributed by atoms with Gasteiger partial charge in [0.25, 0.3) is 5.56 Å². The quantitative estimate of drug-likeness (QED) is 0.388. The molecule has 34 heavy (non-hydrogen) atoms. The highest BCUT2D eigenvalue weighted by molar-refractivity contribution is 7.98. The lowest BCUT2D eigenvalue weighted by atomic mass is 9.96. The Morgan fingerprint density at radius 1 is 1.18 bits per heavy atom. The highest BCUT2D eigenvalue weighted by Gasteiger charge is 2.33. The summed E-state index contributed by atoms with van der Waals surface area (Å²) in [5.41, 5.74) is 3.65. The summed E-state index contributed by atoms with van der Waals surface area (Å²) >= 11 is 2.97. The number of esters is 1. The van der Waals surface area contributed by atoms with E-state index in [0.29, 0.717) is 20.6 Å². The van der Waals surface area contributed by atoms with E-state index in [9.17, 15) is 9.59 Å². The van der Waals surface area contributed by atoms with E-state index < -0.39 is 12.0 Å². The van der Waals surface area contributed by atoms with Crippen LogP contribution < -0.4 is 19.8 Å². The lowest BCUT2D eigenvalue weighted by Crippen LogP contribution is -2.39. The third-order valence-corrected chi connectivity index (χ3v) is 7.38. The van der Waals surface area contributed by atoms with Crippen molar-refractivity contribution in [2.45, 2.75) is 24.8 Å². The van der Waals surface area contributed by atoms with Crippen LogP contribution in [0.25, 0.3) is 6.08 Å². The molecule has 0 saturated carbocycles. The molecule has 0 unspecified atom stereocenters. The van der Waals surface area contributed by atoms with E-state index in [1.165, 1.54) is 11.3 Å². The van der Waals surface area contributed by atoms with E-state index in [0.717, 1.165) is 21.7 Å². The molecule has 176 valence electrons. The second-order valence-electron chi connectivity index (χ2n) is 8.06. The Labute approximate surface area is 206 Å². The average molecular weight is 494 g/mol. The van der Waals surface area contributed by atoms with Crippen molar-refractivity contribution < 1.29 is 9.53 Å². The number of fused-ring (bicyclic) bond motifs is 1. The van der Waals surface area contributed by atoms with E-state index in [1.54, 1.807) is 30.2 Å². The number of anilines is 1. The molecule has 4 rings (SSSR count). The van der Waals surface area contributed by atoms with Crippen LogP contribution in [0.5, 0.6) is 0 Å². The minimum Gasteiger partial charge on any atom is -0.463 e. The molecule has 8 heteroatoms. The number of allylic oxidation sites excluding steroid dienone is 1. The smallest absolute Gasteiger partial charge is 0.338 e. The maximum atomic E-state index is 13.6. The minimum absolute atomic E-state index is 0.173. The Balaban J connectivity index is 1.89. The van der Waals surface area contributed by atoms with Gasteiger partial charge in [0.05, 0.1) is 28.5 Å². The van der Waals surface area contributed by atoms with Crippen LogP contribution in [0.2, 0.25) is 0 Å². The molecule has 0 radical (unpaired) electrons. The first kappa shape index (κ1) is 24.0. The molecule has 1 atom stereocenters. The molecule has 6 nitrogen and oxygen atoms in total. The van der Waals surface area contributed by atoms with Gasteiger partial charge in [0.15, 0.2) is 4.80 Å². The van der Waals surface area contributed by atoms with Crippen LogP contribution in [0.3, 0.4) is 0 Å². The number of carbonyl (C=O) groups is 1. The molecule has 0 aliphatic carbocycles. The van der Waals surface area contributed by atoms with Gasteiger partial charge in [-0.1, -0.05) is 35.6 Å². The summed E-state index contributed by atoms with van der Waals surface area (Å²) < 4.78 is 7.54. The standard InChI is InChI=1S/C26H27N3O3S2/c1-6-32-25(31)22-16(2)27-26-29(23(22)18-9-13-20(33-5)14-10-18)24(30)21(34-26)15-17-7-11-19(12-8-17)28(3)4/h7-15,23H,6H2,1-5H3/b21-15-/t23-/m1/s1. The monoisotopic (exact) mass is 493 g/mol. The van der Waals surface area contributed by atoms with E-state index in [1.807, 2.05) is 79.9 Å². The normalized spacial score (nSPS) is 15.7. The van der Waals surface area contributed by atoms with Crippen molar-refractivity contribution in [3.63, 3.8) is 0 Å². The topological polar surface area (TPSA) is 63.9 Å². The minimum atomic E-state index is -0.593.